The molecule has 0 aliphatic rings. The Hall–Kier alpha value is -0.990. The van der Waals surface area contributed by atoms with Crippen molar-refractivity contribution in [3.05, 3.63) is 19.2 Å². The summed E-state index contributed by atoms with van der Waals surface area (Å²) in [5.41, 5.74) is 0. The molecule has 0 bridgehead atoms. The number of carbonyl (C=O) groups is 1. The average Bonchev–Trinajstić information content (AvgIpc) is 1.97. The van der Waals surface area contributed by atoms with Crippen molar-refractivity contribution in [3.8, 4) is 0 Å². The number of ether oxygens (including phenoxy) is 1. The van der Waals surface area contributed by atoms with Gasteiger partial charge in [0.2, 0.25) is 0 Å². The standard InChI is InChI=1S/C7H12NO2/c1-3-5-8-7(9)10-6-4-2/h4-5H,2-3,6H2,1H3,(H,8,9). The van der Waals surface area contributed by atoms with E-state index in [0.717, 1.165) is 6.42 Å². The molecule has 0 heterocycles. The molecule has 3 nitrogen and oxygen atoms in total. The van der Waals surface area contributed by atoms with Crippen LogP contribution in [0.1, 0.15) is 13.3 Å². The van der Waals surface area contributed by atoms with E-state index >= 15 is 0 Å². The zero-order valence-electron chi connectivity index (χ0n) is 6.09. The summed E-state index contributed by atoms with van der Waals surface area (Å²) >= 11 is 0. The summed E-state index contributed by atoms with van der Waals surface area (Å²) in [5.74, 6) is 0. The lowest BCUT2D eigenvalue weighted by Gasteiger charge is -2.01. The van der Waals surface area contributed by atoms with Crippen LogP contribution in [0.2, 0.25) is 0 Å². The highest BCUT2D eigenvalue weighted by molar-refractivity contribution is 5.67. The van der Waals surface area contributed by atoms with Crippen LogP contribution < -0.4 is 5.32 Å². The Morgan fingerprint density at radius 3 is 3.00 bits per heavy atom. The van der Waals surface area contributed by atoms with Gasteiger partial charge in [0.25, 0.3) is 0 Å². The fourth-order valence-electron chi connectivity index (χ4n) is 0.362. The van der Waals surface area contributed by atoms with E-state index in [1.165, 1.54) is 6.08 Å². The Morgan fingerprint density at radius 2 is 2.50 bits per heavy atom. The summed E-state index contributed by atoms with van der Waals surface area (Å²) in [6, 6.07) is 0. The molecule has 0 aromatic heterocycles. The molecule has 1 N–H and O–H groups in total. The molecule has 0 spiro atoms. The second-order valence-electron chi connectivity index (χ2n) is 1.64. The van der Waals surface area contributed by atoms with E-state index in [1.807, 2.05) is 6.92 Å². The first-order valence-electron chi connectivity index (χ1n) is 3.17. The number of nitrogens with one attached hydrogen (secondary N) is 1. The number of hydrogen-bond donors (Lipinski definition) is 1. The van der Waals surface area contributed by atoms with Gasteiger partial charge in [0, 0.05) is 0 Å². The molecule has 1 amide bonds. The number of amides is 1. The van der Waals surface area contributed by atoms with E-state index in [4.69, 9.17) is 0 Å². The van der Waals surface area contributed by atoms with Crippen molar-refractivity contribution in [1.82, 2.24) is 5.32 Å². The Morgan fingerprint density at radius 1 is 1.80 bits per heavy atom. The Bertz CT molecular complexity index is 112. The van der Waals surface area contributed by atoms with Gasteiger partial charge < -0.3 is 10.1 Å². The van der Waals surface area contributed by atoms with Gasteiger partial charge in [0.05, 0.1) is 6.54 Å². The highest BCUT2D eigenvalue weighted by atomic mass is 16.5. The molecular weight excluding hydrogens is 130 g/mol. The maximum absolute atomic E-state index is 10.5. The normalized spacial score (nSPS) is 8.50. The number of alkyl carbamates (subject to hydrolysis) is 1. The largest absolute Gasteiger partial charge is 0.445 e. The second kappa shape index (κ2) is 6.13. The van der Waals surface area contributed by atoms with Crippen LogP contribution in [0.3, 0.4) is 0 Å². The van der Waals surface area contributed by atoms with E-state index in [9.17, 15) is 4.79 Å². The molecule has 0 aromatic carbocycles. The maximum atomic E-state index is 10.5. The first-order chi connectivity index (χ1) is 4.81. The second-order valence-corrected chi connectivity index (χ2v) is 1.64. The molecule has 0 aliphatic heterocycles. The quantitative estimate of drug-likeness (QED) is 0.603. The molecule has 0 saturated carbocycles. The minimum absolute atomic E-state index is 0.253. The van der Waals surface area contributed by atoms with E-state index in [1.54, 1.807) is 6.54 Å². The Balaban J connectivity index is 3.16. The number of rotatable bonds is 4. The maximum Gasteiger partial charge on any atom is 0.407 e. The first-order valence-corrected chi connectivity index (χ1v) is 3.17. The highest BCUT2D eigenvalue weighted by Gasteiger charge is 1.95. The molecule has 0 atom stereocenters. The fourth-order valence-corrected chi connectivity index (χ4v) is 0.362. The van der Waals surface area contributed by atoms with Gasteiger partial charge in [-0.25, -0.2) is 4.79 Å². The van der Waals surface area contributed by atoms with Gasteiger partial charge in [-0.3, -0.25) is 0 Å². The third-order valence-corrected chi connectivity index (χ3v) is 0.756. The first kappa shape index (κ1) is 9.01. The molecule has 10 heavy (non-hydrogen) atoms. The highest BCUT2D eigenvalue weighted by Crippen LogP contribution is 1.82. The van der Waals surface area contributed by atoms with E-state index in [0.29, 0.717) is 0 Å². The van der Waals surface area contributed by atoms with Crippen molar-refractivity contribution in [2.75, 3.05) is 6.61 Å². The van der Waals surface area contributed by atoms with Gasteiger partial charge in [-0.1, -0.05) is 19.6 Å². The fraction of sp³-hybridized carbons (Fsp3) is 0.429. The van der Waals surface area contributed by atoms with Gasteiger partial charge in [0.15, 0.2) is 0 Å². The monoisotopic (exact) mass is 142 g/mol. The van der Waals surface area contributed by atoms with Crippen LogP contribution in [0.25, 0.3) is 0 Å². The molecule has 0 aromatic rings. The lowest BCUT2D eigenvalue weighted by Crippen LogP contribution is -2.21. The zero-order valence-corrected chi connectivity index (χ0v) is 6.09. The van der Waals surface area contributed by atoms with Crippen molar-refractivity contribution in [3.63, 3.8) is 0 Å². The van der Waals surface area contributed by atoms with Crippen molar-refractivity contribution in [2.24, 2.45) is 0 Å². The third kappa shape index (κ3) is 5.15. The average molecular weight is 142 g/mol. The van der Waals surface area contributed by atoms with Crippen LogP contribution in [0.4, 0.5) is 4.79 Å². The van der Waals surface area contributed by atoms with Crippen molar-refractivity contribution < 1.29 is 9.53 Å². The summed E-state index contributed by atoms with van der Waals surface area (Å²) in [5, 5.41) is 2.43. The van der Waals surface area contributed by atoms with E-state index in [-0.39, 0.29) is 6.61 Å². The van der Waals surface area contributed by atoms with Crippen LogP contribution in [0.15, 0.2) is 12.7 Å². The molecule has 3 heteroatoms. The van der Waals surface area contributed by atoms with Gasteiger partial charge >= 0.3 is 6.09 Å². The van der Waals surface area contributed by atoms with E-state index < -0.39 is 6.09 Å². The SMILES string of the molecule is C=CCOC(=O)N[CH]CC. The summed E-state index contributed by atoms with van der Waals surface area (Å²) in [7, 11) is 0. The minimum atomic E-state index is -0.429. The minimum Gasteiger partial charge on any atom is -0.445 e. The Labute approximate surface area is 61.1 Å². The summed E-state index contributed by atoms with van der Waals surface area (Å²) < 4.78 is 4.59. The molecular formula is C7H12NO2. The van der Waals surface area contributed by atoms with Crippen molar-refractivity contribution in [1.29, 1.82) is 0 Å². The van der Waals surface area contributed by atoms with Crippen molar-refractivity contribution in [2.45, 2.75) is 13.3 Å². The van der Waals surface area contributed by atoms with Crippen LogP contribution in [0, 0.1) is 6.54 Å². The predicted molar refractivity (Wildman–Crippen MR) is 39.3 cm³/mol. The number of carbonyl (C=O) groups excluding carboxylic acids is 1. The van der Waals surface area contributed by atoms with Gasteiger partial charge in [-0.2, -0.15) is 0 Å². The van der Waals surface area contributed by atoms with Gasteiger partial charge in [-0.15, -0.1) is 0 Å². The molecule has 0 rings (SSSR count). The molecule has 0 saturated heterocycles. The lowest BCUT2D eigenvalue weighted by atomic mass is 10.5. The smallest absolute Gasteiger partial charge is 0.407 e. The lowest BCUT2D eigenvalue weighted by molar-refractivity contribution is 0.160. The summed E-state index contributed by atoms with van der Waals surface area (Å²) in [4.78, 5) is 10.5. The van der Waals surface area contributed by atoms with Crippen molar-refractivity contribution >= 4 is 6.09 Å². The van der Waals surface area contributed by atoms with Crippen LogP contribution >= 0.6 is 0 Å². The van der Waals surface area contributed by atoms with Crippen LogP contribution in [0.5, 0.6) is 0 Å². The summed E-state index contributed by atoms with van der Waals surface area (Å²) in [6.07, 6.45) is 1.89. The molecule has 0 unspecified atom stereocenters. The molecule has 0 fully saturated rings. The van der Waals surface area contributed by atoms with Gasteiger partial charge in [-0.05, 0) is 6.42 Å². The van der Waals surface area contributed by atoms with Crippen LogP contribution in [-0.2, 0) is 4.74 Å². The topological polar surface area (TPSA) is 38.3 Å². The predicted octanol–water partition coefficient (Wildman–Crippen LogP) is 1.47. The Kier molecular flexibility index (Phi) is 5.53. The molecule has 57 valence electrons. The zero-order chi connectivity index (χ0) is 7.82. The van der Waals surface area contributed by atoms with Gasteiger partial charge in [0.1, 0.15) is 6.61 Å². The number of hydrogen-bond acceptors (Lipinski definition) is 2. The third-order valence-electron chi connectivity index (χ3n) is 0.756. The van der Waals surface area contributed by atoms with Crippen LogP contribution in [-0.4, -0.2) is 12.7 Å². The van der Waals surface area contributed by atoms with E-state index in [2.05, 4.69) is 16.6 Å². The molecule has 1 radical (unpaired) electrons. The molecule has 0 aliphatic carbocycles. The summed E-state index contributed by atoms with van der Waals surface area (Å²) in [6.45, 7) is 7.21.